The van der Waals surface area contributed by atoms with E-state index in [4.69, 9.17) is 0 Å². The molecule has 0 aliphatic rings. The third-order valence-corrected chi connectivity index (χ3v) is 6.09. The Kier molecular flexibility index (Phi) is 10.4. The molecule has 2 atom stereocenters. The van der Waals surface area contributed by atoms with Gasteiger partial charge in [-0.3, -0.25) is 4.79 Å². The molecule has 36 heavy (non-hydrogen) atoms. The number of carbonyl (C=O) groups is 1. The Hall–Kier alpha value is -3.26. The van der Waals surface area contributed by atoms with Crippen LogP contribution in [0.2, 0.25) is 0 Å². The summed E-state index contributed by atoms with van der Waals surface area (Å²) in [4.78, 5) is 12.3. The second-order valence-corrected chi connectivity index (χ2v) is 9.15. The molecule has 0 unspecified atom stereocenters. The highest BCUT2D eigenvalue weighted by Gasteiger charge is 2.13. The number of aliphatic hydroxyl groups excluding tert-OH is 2. The minimum atomic E-state index is -0.767. The number of carbonyl (C=O) groups excluding carboxylic acids is 1. The summed E-state index contributed by atoms with van der Waals surface area (Å²) in [6.45, 7) is 2.64. The van der Waals surface area contributed by atoms with Crippen molar-refractivity contribution < 1.29 is 24.5 Å². The van der Waals surface area contributed by atoms with Crippen molar-refractivity contribution >= 4 is 5.91 Å². The molecule has 0 saturated carbocycles. The molecule has 3 aromatic rings. The summed E-state index contributed by atoms with van der Waals surface area (Å²) in [5, 5.41) is 35.7. The predicted octanol–water partition coefficient (Wildman–Crippen LogP) is 3.57. The van der Waals surface area contributed by atoms with Gasteiger partial charge in [0.15, 0.2) is 0 Å². The van der Waals surface area contributed by atoms with Crippen LogP contribution in [0.5, 0.6) is 5.75 Å². The van der Waals surface area contributed by atoms with E-state index in [-0.39, 0.29) is 30.1 Å². The summed E-state index contributed by atoms with van der Waals surface area (Å²) in [5.41, 5.74) is 4.09. The maximum absolute atomic E-state index is 13.0. The molecule has 3 aromatic carbocycles. The lowest BCUT2D eigenvalue weighted by molar-refractivity contribution is -0.120. The van der Waals surface area contributed by atoms with Gasteiger partial charge >= 0.3 is 0 Å². The summed E-state index contributed by atoms with van der Waals surface area (Å²) in [5.74, 6) is -0.270. The average molecular weight is 495 g/mol. The first-order valence-corrected chi connectivity index (χ1v) is 12.3. The fourth-order valence-corrected chi connectivity index (χ4v) is 4.08. The second-order valence-electron chi connectivity index (χ2n) is 9.15. The van der Waals surface area contributed by atoms with E-state index in [0.29, 0.717) is 30.6 Å². The van der Waals surface area contributed by atoms with E-state index in [2.05, 4.69) is 10.6 Å². The molecule has 0 spiro atoms. The molecule has 0 fully saturated rings. The Morgan fingerprint density at radius 2 is 1.75 bits per heavy atom. The van der Waals surface area contributed by atoms with Crippen LogP contribution in [-0.2, 0) is 30.7 Å². The summed E-state index contributed by atoms with van der Waals surface area (Å²) in [7, 11) is 0. The Balaban J connectivity index is 1.40. The third kappa shape index (κ3) is 8.75. The molecule has 192 valence electrons. The lowest BCUT2D eigenvalue weighted by Crippen LogP contribution is -2.32. The number of rotatable bonds is 13. The highest BCUT2D eigenvalue weighted by molar-refractivity contribution is 5.78. The van der Waals surface area contributed by atoms with Gasteiger partial charge in [0.05, 0.1) is 19.1 Å². The smallest absolute Gasteiger partial charge is 0.224 e. The number of hydrogen-bond acceptors (Lipinski definition) is 5. The third-order valence-electron chi connectivity index (χ3n) is 6.09. The summed E-state index contributed by atoms with van der Waals surface area (Å²) >= 11 is 0. The quantitative estimate of drug-likeness (QED) is 0.234. The standard InChI is InChI=1S/C29H35FN2O4/c1-20(32-18-28(35)24-9-12-27(34)25(17-24)19-33)14-22-4-2-5-23(15-22)16-29(36)31-13-3-6-21-7-10-26(30)11-8-21/h2,4-5,7-12,15,17,20,28,32-35H,3,6,13-14,16,18-19H2,1H3,(H,31,36)/t20-,28-/m1/s1. The Morgan fingerprint density at radius 3 is 2.50 bits per heavy atom. The monoisotopic (exact) mass is 494 g/mol. The van der Waals surface area contributed by atoms with Crippen molar-refractivity contribution in [3.8, 4) is 5.75 Å². The van der Waals surface area contributed by atoms with E-state index < -0.39 is 6.10 Å². The van der Waals surface area contributed by atoms with Crippen molar-refractivity contribution in [3.05, 3.63) is 100 Å². The summed E-state index contributed by atoms with van der Waals surface area (Å²) < 4.78 is 13.0. The van der Waals surface area contributed by atoms with Gasteiger partial charge in [0.25, 0.3) is 0 Å². The van der Waals surface area contributed by atoms with Crippen LogP contribution in [-0.4, -0.2) is 40.4 Å². The number of halogens is 1. The van der Waals surface area contributed by atoms with Crippen molar-refractivity contribution in [2.45, 2.75) is 51.4 Å². The van der Waals surface area contributed by atoms with Crippen molar-refractivity contribution in [3.63, 3.8) is 0 Å². The van der Waals surface area contributed by atoms with E-state index in [1.165, 1.54) is 18.2 Å². The number of aromatic hydroxyl groups is 1. The molecule has 1 amide bonds. The second kappa shape index (κ2) is 13.7. The Bertz CT molecular complexity index is 1120. The van der Waals surface area contributed by atoms with Crippen molar-refractivity contribution in [1.82, 2.24) is 10.6 Å². The zero-order valence-corrected chi connectivity index (χ0v) is 20.6. The molecule has 0 saturated heterocycles. The number of benzene rings is 3. The number of amides is 1. The van der Waals surface area contributed by atoms with Gasteiger partial charge in [-0.05, 0) is 72.7 Å². The van der Waals surface area contributed by atoms with Gasteiger partial charge in [-0.15, -0.1) is 0 Å². The molecule has 0 aliphatic heterocycles. The van der Waals surface area contributed by atoms with Crippen LogP contribution in [0.25, 0.3) is 0 Å². The number of nitrogens with one attached hydrogen (secondary N) is 2. The normalized spacial score (nSPS) is 12.8. The molecular formula is C29H35FN2O4. The Labute approximate surface area is 211 Å². The first-order chi connectivity index (χ1) is 17.3. The average Bonchev–Trinajstić information content (AvgIpc) is 2.86. The SMILES string of the molecule is C[C@H](Cc1cccc(CC(=O)NCCCc2ccc(F)cc2)c1)NC[C@@H](O)c1ccc(O)c(CO)c1. The van der Waals surface area contributed by atoms with Gasteiger partial charge in [-0.1, -0.05) is 42.5 Å². The minimum absolute atomic E-state index is 0.00772. The van der Waals surface area contributed by atoms with Crippen LogP contribution in [0.4, 0.5) is 4.39 Å². The summed E-state index contributed by atoms with van der Waals surface area (Å²) in [6.07, 6.45) is 1.84. The van der Waals surface area contributed by atoms with Crippen LogP contribution in [0.3, 0.4) is 0 Å². The maximum Gasteiger partial charge on any atom is 0.224 e. The van der Waals surface area contributed by atoms with Crippen LogP contribution < -0.4 is 10.6 Å². The van der Waals surface area contributed by atoms with Crippen molar-refractivity contribution in [1.29, 1.82) is 0 Å². The van der Waals surface area contributed by atoms with E-state index in [1.807, 2.05) is 31.2 Å². The highest BCUT2D eigenvalue weighted by atomic mass is 19.1. The topological polar surface area (TPSA) is 102 Å². The largest absolute Gasteiger partial charge is 0.508 e. The molecule has 7 heteroatoms. The van der Waals surface area contributed by atoms with Gasteiger partial charge in [-0.2, -0.15) is 0 Å². The first kappa shape index (κ1) is 27.3. The van der Waals surface area contributed by atoms with Crippen LogP contribution in [0.1, 0.15) is 47.3 Å². The summed E-state index contributed by atoms with van der Waals surface area (Å²) in [6, 6.07) is 19.2. The Morgan fingerprint density at radius 1 is 1.00 bits per heavy atom. The molecule has 0 aliphatic carbocycles. The molecule has 3 rings (SSSR count). The van der Waals surface area contributed by atoms with Gasteiger partial charge in [0.2, 0.25) is 5.91 Å². The fourth-order valence-electron chi connectivity index (χ4n) is 4.08. The number of aliphatic hydroxyl groups is 2. The maximum atomic E-state index is 13.0. The molecule has 0 heterocycles. The molecular weight excluding hydrogens is 459 g/mol. The van der Waals surface area contributed by atoms with Crippen molar-refractivity contribution in [2.75, 3.05) is 13.1 Å². The lowest BCUT2D eigenvalue weighted by Gasteiger charge is -2.18. The number of hydrogen-bond donors (Lipinski definition) is 5. The predicted molar refractivity (Wildman–Crippen MR) is 138 cm³/mol. The highest BCUT2D eigenvalue weighted by Crippen LogP contribution is 2.22. The fraction of sp³-hybridized carbons (Fsp3) is 0.345. The zero-order chi connectivity index (χ0) is 25.9. The number of phenols is 1. The van der Waals surface area contributed by atoms with E-state index >= 15 is 0 Å². The minimum Gasteiger partial charge on any atom is -0.508 e. The first-order valence-electron chi connectivity index (χ1n) is 12.3. The molecule has 0 radical (unpaired) electrons. The molecule has 6 nitrogen and oxygen atoms in total. The van der Waals surface area contributed by atoms with Gasteiger partial charge in [0, 0.05) is 24.7 Å². The zero-order valence-electron chi connectivity index (χ0n) is 20.6. The van der Waals surface area contributed by atoms with E-state index in [9.17, 15) is 24.5 Å². The van der Waals surface area contributed by atoms with E-state index in [0.717, 1.165) is 36.0 Å². The number of aryl methyl sites for hydroxylation is 1. The van der Waals surface area contributed by atoms with Crippen LogP contribution in [0.15, 0.2) is 66.7 Å². The molecule has 0 aromatic heterocycles. The molecule has 5 N–H and O–H groups in total. The molecule has 0 bridgehead atoms. The van der Waals surface area contributed by atoms with Crippen LogP contribution in [0, 0.1) is 5.82 Å². The van der Waals surface area contributed by atoms with Crippen molar-refractivity contribution in [2.24, 2.45) is 0 Å². The van der Waals surface area contributed by atoms with Gasteiger partial charge in [-0.25, -0.2) is 4.39 Å². The lowest BCUT2D eigenvalue weighted by atomic mass is 10.0. The van der Waals surface area contributed by atoms with Gasteiger partial charge < -0.3 is 26.0 Å². The van der Waals surface area contributed by atoms with E-state index in [1.54, 1.807) is 24.3 Å². The van der Waals surface area contributed by atoms with Crippen LogP contribution >= 0.6 is 0 Å². The van der Waals surface area contributed by atoms with Gasteiger partial charge in [0.1, 0.15) is 11.6 Å².